The van der Waals surface area contributed by atoms with Crippen LogP contribution in [0.25, 0.3) is 0 Å². The van der Waals surface area contributed by atoms with E-state index < -0.39 is 0 Å². The van der Waals surface area contributed by atoms with Gasteiger partial charge in [0, 0.05) is 13.1 Å². The lowest BCUT2D eigenvalue weighted by molar-refractivity contribution is 0.240. The molecule has 0 bridgehead atoms. The van der Waals surface area contributed by atoms with Gasteiger partial charge in [-0.1, -0.05) is 48.5 Å². The van der Waals surface area contributed by atoms with E-state index in [1.807, 2.05) is 48.5 Å². The summed E-state index contributed by atoms with van der Waals surface area (Å²) in [4.78, 5) is 12.1. The van der Waals surface area contributed by atoms with Crippen LogP contribution < -0.4 is 33.6 Å². The highest BCUT2D eigenvalue weighted by Crippen LogP contribution is 2.07. The van der Waals surface area contributed by atoms with Gasteiger partial charge in [-0.25, -0.2) is 4.79 Å². The highest BCUT2D eigenvalue weighted by molar-refractivity contribution is 5.99. The molecule has 2 aromatic carbocycles. The molecule has 0 aromatic heterocycles. The lowest BCUT2D eigenvalue weighted by Gasteiger charge is -2.09. The minimum atomic E-state index is -0.269. The number of carbonyl (C=O) groups excluding carboxylic acids is 1. The Bertz CT molecular complexity index is 946. The van der Waals surface area contributed by atoms with E-state index in [-0.39, 0.29) is 18.0 Å². The first kappa shape index (κ1) is 23.9. The lowest BCUT2D eigenvalue weighted by atomic mass is 10.1. The van der Waals surface area contributed by atoms with E-state index in [1.54, 1.807) is 13.8 Å². The van der Waals surface area contributed by atoms with Crippen LogP contribution in [0.4, 0.5) is 4.79 Å². The molecule has 2 rings (SSSR count). The van der Waals surface area contributed by atoms with Crippen molar-refractivity contribution in [1.82, 2.24) is 10.6 Å². The quantitative estimate of drug-likeness (QED) is 0.201. The van der Waals surface area contributed by atoms with E-state index >= 15 is 0 Å². The molecular formula is C21H28N10O. The summed E-state index contributed by atoms with van der Waals surface area (Å²) in [6.07, 6.45) is 0. The van der Waals surface area contributed by atoms with Crippen molar-refractivity contribution in [2.45, 2.75) is 26.9 Å². The lowest BCUT2D eigenvalue weighted by Crippen LogP contribution is -2.34. The van der Waals surface area contributed by atoms with Gasteiger partial charge in [-0.15, -0.1) is 10.2 Å². The summed E-state index contributed by atoms with van der Waals surface area (Å²) >= 11 is 0. The smallest absolute Gasteiger partial charge is 0.315 e. The number of urea groups is 1. The Balaban J connectivity index is 1.82. The fourth-order valence-electron chi connectivity index (χ4n) is 2.54. The third-order valence-corrected chi connectivity index (χ3v) is 4.28. The van der Waals surface area contributed by atoms with Gasteiger partial charge in [0.05, 0.1) is 11.4 Å². The van der Waals surface area contributed by atoms with Crippen LogP contribution >= 0.6 is 0 Å². The second kappa shape index (κ2) is 11.7. The molecule has 11 nitrogen and oxygen atoms in total. The van der Waals surface area contributed by atoms with Gasteiger partial charge in [-0.05, 0) is 36.1 Å². The Labute approximate surface area is 186 Å². The molecule has 11 heteroatoms. The topological polar surface area (TPSA) is 195 Å². The molecule has 0 aliphatic rings. The summed E-state index contributed by atoms with van der Waals surface area (Å²) in [6.45, 7) is 4.38. The van der Waals surface area contributed by atoms with Crippen molar-refractivity contribution in [1.29, 1.82) is 0 Å². The molecule has 0 spiro atoms. The monoisotopic (exact) mass is 436 g/mol. The summed E-state index contributed by atoms with van der Waals surface area (Å²) in [6, 6.07) is 14.9. The Morgan fingerprint density at radius 3 is 1.31 bits per heavy atom. The maximum Gasteiger partial charge on any atom is 0.315 e. The molecule has 0 saturated carbocycles. The van der Waals surface area contributed by atoms with Gasteiger partial charge in [0.25, 0.3) is 0 Å². The van der Waals surface area contributed by atoms with E-state index in [0.717, 1.165) is 22.3 Å². The van der Waals surface area contributed by atoms with E-state index in [1.165, 1.54) is 0 Å². The third-order valence-electron chi connectivity index (χ3n) is 4.28. The zero-order chi connectivity index (χ0) is 23.5. The summed E-state index contributed by atoms with van der Waals surface area (Å²) < 4.78 is 0. The molecule has 32 heavy (non-hydrogen) atoms. The van der Waals surface area contributed by atoms with Crippen LogP contribution in [0.15, 0.2) is 68.9 Å². The molecule has 0 heterocycles. The number of benzene rings is 2. The molecule has 2 amide bonds. The fraction of sp³-hybridized carbons (Fsp3) is 0.190. The summed E-state index contributed by atoms with van der Waals surface area (Å²) in [5, 5.41) is 20.8. The molecule has 0 atom stereocenters. The Kier molecular flexibility index (Phi) is 8.72. The van der Waals surface area contributed by atoms with Crippen LogP contribution in [0.1, 0.15) is 36.1 Å². The number of nitrogens with zero attached hydrogens (tertiary/aromatic N) is 4. The largest absolute Gasteiger partial charge is 0.369 e. The first-order valence-corrected chi connectivity index (χ1v) is 9.71. The standard InChI is InChI=1S/C21H28N10O/c1-13(28-30-19(22)23)17-7-3-15(4-8-17)11-26-21(32)27-12-16-5-9-18(10-6-16)14(2)29-31-20(24)25/h3-10H,11-12H2,1-2H3,(H4,22,23,30)(H4,24,25,31)(H2,26,27,32)/b28-13+,29-14+. The first-order valence-electron chi connectivity index (χ1n) is 9.71. The molecule has 0 aliphatic carbocycles. The molecule has 0 radical (unpaired) electrons. The number of nitrogens with one attached hydrogen (secondary N) is 2. The van der Waals surface area contributed by atoms with Crippen LogP contribution in [-0.2, 0) is 13.1 Å². The number of hydrogen-bond acceptors (Lipinski definition) is 5. The van der Waals surface area contributed by atoms with E-state index in [9.17, 15) is 4.79 Å². The summed E-state index contributed by atoms with van der Waals surface area (Å²) in [5.41, 5.74) is 26.1. The van der Waals surface area contributed by atoms with Gasteiger partial charge in [-0.2, -0.15) is 10.2 Å². The molecule has 0 unspecified atom stereocenters. The van der Waals surface area contributed by atoms with Crippen LogP contribution in [0, 0.1) is 0 Å². The van der Waals surface area contributed by atoms with Crippen molar-refractivity contribution in [3.63, 3.8) is 0 Å². The van der Waals surface area contributed by atoms with Crippen molar-refractivity contribution in [2.75, 3.05) is 0 Å². The van der Waals surface area contributed by atoms with Gasteiger partial charge in [0.15, 0.2) is 0 Å². The average molecular weight is 437 g/mol. The van der Waals surface area contributed by atoms with Gasteiger partial charge in [-0.3, -0.25) is 0 Å². The second-order valence-corrected chi connectivity index (χ2v) is 6.85. The predicted molar refractivity (Wildman–Crippen MR) is 128 cm³/mol. The van der Waals surface area contributed by atoms with Crippen molar-refractivity contribution < 1.29 is 4.79 Å². The van der Waals surface area contributed by atoms with Crippen molar-refractivity contribution in [3.05, 3.63) is 70.8 Å². The number of hydrogen-bond donors (Lipinski definition) is 6. The average Bonchev–Trinajstić information content (AvgIpc) is 2.78. The third kappa shape index (κ3) is 8.14. The first-order chi connectivity index (χ1) is 15.2. The van der Waals surface area contributed by atoms with Crippen molar-refractivity contribution >= 4 is 29.4 Å². The Morgan fingerprint density at radius 2 is 1.00 bits per heavy atom. The minimum Gasteiger partial charge on any atom is -0.369 e. The van der Waals surface area contributed by atoms with Crippen LogP contribution in [0.3, 0.4) is 0 Å². The van der Waals surface area contributed by atoms with E-state index in [4.69, 9.17) is 22.9 Å². The number of carbonyl (C=O) groups is 1. The second-order valence-electron chi connectivity index (χ2n) is 6.85. The number of amides is 2. The van der Waals surface area contributed by atoms with Crippen LogP contribution in [0.2, 0.25) is 0 Å². The molecule has 0 fully saturated rings. The number of nitrogens with two attached hydrogens (primary N) is 4. The minimum absolute atomic E-state index is 0.0982. The number of rotatable bonds is 8. The zero-order valence-corrected chi connectivity index (χ0v) is 18.0. The molecule has 0 saturated heterocycles. The molecule has 2 aromatic rings. The van der Waals surface area contributed by atoms with Crippen LogP contribution in [0.5, 0.6) is 0 Å². The fourth-order valence-corrected chi connectivity index (χ4v) is 2.54. The maximum atomic E-state index is 12.1. The Hall–Kier alpha value is -4.41. The summed E-state index contributed by atoms with van der Waals surface area (Å²) in [7, 11) is 0. The van der Waals surface area contributed by atoms with Gasteiger partial charge >= 0.3 is 6.03 Å². The highest BCUT2D eigenvalue weighted by Gasteiger charge is 2.03. The van der Waals surface area contributed by atoms with E-state index in [0.29, 0.717) is 24.5 Å². The van der Waals surface area contributed by atoms with Gasteiger partial charge in [0.1, 0.15) is 0 Å². The molecule has 0 aliphatic heterocycles. The van der Waals surface area contributed by atoms with E-state index in [2.05, 4.69) is 31.0 Å². The number of guanidine groups is 2. The zero-order valence-electron chi connectivity index (χ0n) is 18.0. The van der Waals surface area contributed by atoms with Gasteiger partial charge in [0.2, 0.25) is 11.9 Å². The molecular weight excluding hydrogens is 408 g/mol. The SMILES string of the molecule is C/C(=N\N=C(N)N)c1ccc(CNC(=O)NCc2ccc(/C(C)=N/N=C(N)N)cc2)cc1. The Morgan fingerprint density at radius 1 is 0.656 bits per heavy atom. The van der Waals surface area contributed by atoms with Gasteiger partial charge < -0.3 is 33.6 Å². The maximum absolute atomic E-state index is 12.1. The van der Waals surface area contributed by atoms with Crippen molar-refractivity contribution in [3.8, 4) is 0 Å². The highest BCUT2D eigenvalue weighted by atomic mass is 16.2. The normalized spacial score (nSPS) is 11.4. The van der Waals surface area contributed by atoms with Crippen molar-refractivity contribution in [2.24, 2.45) is 43.3 Å². The molecule has 10 N–H and O–H groups in total. The van der Waals surface area contributed by atoms with Crippen LogP contribution in [-0.4, -0.2) is 29.4 Å². The summed E-state index contributed by atoms with van der Waals surface area (Å²) in [5.74, 6) is -0.196. The molecule has 168 valence electrons. The predicted octanol–water partition coefficient (Wildman–Crippen LogP) is 0.681.